The number of rotatable bonds is 5. The van der Waals surface area contributed by atoms with Crippen LogP contribution in [0.3, 0.4) is 0 Å². The molecule has 0 spiro atoms. The number of hydrogen-bond acceptors (Lipinski definition) is 5. The van der Waals surface area contributed by atoms with Crippen LogP contribution >= 0.6 is 23.4 Å². The molecule has 1 N–H and O–H groups in total. The lowest BCUT2D eigenvalue weighted by Crippen LogP contribution is -2.35. The van der Waals surface area contributed by atoms with Crippen molar-refractivity contribution in [1.29, 1.82) is 0 Å². The van der Waals surface area contributed by atoms with E-state index in [1.807, 2.05) is 34.6 Å². The van der Waals surface area contributed by atoms with Crippen LogP contribution in [0.5, 0.6) is 11.5 Å². The van der Waals surface area contributed by atoms with Crippen LogP contribution in [-0.4, -0.2) is 39.8 Å². The fraction of sp³-hybridized carbons (Fsp3) is 0.444. The summed E-state index contributed by atoms with van der Waals surface area (Å²) < 4.78 is 5.39. The van der Waals surface area contributed by atoms with Gasteiger partial charge in [-0.25, -0.2) is 0 Å². The summed E-state index contributed by atoms with van der Waals surface area (Å²) >= 11 is 7.42. The van der Waals surface area contributed by atoms with Crippen LogP contribution in [-0.2, 0) is 4.79 Å². The molecule has 136 valence electrons. The SMILES string of the molecule is CCOc1cc(/C=C2/SC(=NC(C)C)N(C(C)C)C2=O)cc(Cl)c1O. The Morgan fingerprint density at radius 2 is 2.04 bits per heavy atom. The smallest absolute Gasteiger partial charge is 0.266 e. The maximum absolute atomic E-state index is 12.7. The van der Waals surface area contributed by atoms with Crippen LogP contribution in [0, 0.1) is 0 Å². The number of amides is 1. The fourth-order valence-corrected chi connectivity index (χ4v) is 3.80. The molecule has 1 saturated heterocycles. The largest absolute Gasteiger partial charge is 0.503 e. The van der Waals surface area contributed by atoms with Gasteiger partial charge in [0, 0.05) is 12.1 Å². The Balaban J connectivity index is 2.43. The number of nitrogens with zero attached hydrogens (tertiary/aromatic N) is 2. The predicted molar refractivity (Wildman–Crippen MR) is 104 cm³/mol. The Morgan fingerprint density at radius 3 is 2.60 bits per heavy atom. The number of ether oxygens (including phenoxy) is 1. The molecule has 0 unspecified atom stereocenters. The molecule has 0 radical (unpaired) electrons. The third-order valence-electron chi connectivity index (χ3n) is 3.37. The normalized spacial score (nSPS) is 18.2. The van der Waals surface area contributed by atoms with E-state index < -0.39 is 0 Å². The molecule has 1 aromatic carbocycles. The zero-order valence-corrected chi connectivity index (χ0v) is 16.6. The molecule has 1 aliphatic heterocycles. The van der Waals surface area contributed by atoms with Gasteiger partial charge in [0.05, 0.1) is 16.5 Å². The standard InChI is InChI=1S/C18H23ClN2O3S/c1-6-24-14-8-12(7-13(19)16(14)22)9-15-17(23)21(11(4)5)18(25-15)20-10(2)3/h7-11,22H,6H2,1-5H3/b15-9+,20-18?. The Labute approximate surface area is 157 Å². The van der Waals surface area contributed by atoms with Gasteiger partial charge in [-0.2, -0.15) is 0 Å². The average Bonchev–Trinajstić information content (AvgIpc) is 2.79. The number of aliphatic imine (C=N–C) groups is 1. The Morgan fingerprint density at radius 1 is 1.36 bits per heavy atom. The highest BCUT2D eigenvalue weighted by Gasteiger charge is 2.35. The number of halogens is 1. The first-order chi connectivity index (χ1) is 11.7. The van der Waals surface area contributed by atoms with Crippen molar-refractivity contribution >= 4 is 40.5 Å². The van der Waals surface area contributed by atoms with Crippen molar-refractivity contribution in [3.05, 3.63) is 27.6 Å². The van der Waals surface area contributed by atoms with E-state index >= 15 is 0 Å². The highest BCUT2D eigenvalue weighted by Crippen LogP contribution is 2.38. The van der Waals surface area contributed by atoms with Gasteiger partial charge < -0.3 is 9.84 Å². The number of benzene rings is 1. The minimum Gasteiger partial charge on any atom is -0.503 e. The quantitative estimate of drug-likeness (QED) is 0.760. The molecule has 1 aliphatic rings. The molecule has 0 atom stereocenters. The number of carbonyl (C=O) groups is 1. The molecule has 0 bridgehead atoms. The maximum Gasteiger partial charge on any atom is 0.266 e. The average molecular weight is 383 g/mol. The van der Waals surface area contributed by atoms with Crippen molar-refractivity contribution in [1.82, 2.24) is 4.90 Å². The van der Waals surface area contributed by atoms with Crippen molar-refractivity contribution in [3.63, 3.8) is 0 Å². The van der Waals surface area contributed by atoms with E-state index in [2.05, 4.69) is 4.99 Å². The first kappa shape index (κ1) is 19.7. The maximum atomic E-state index is 12.7. The van der Waals surface area contributed by atoms with Crippen molar-refractivity contribution < 1.29 is 14.6 Å². The van der Waals surface area contributed by atoms with Crippen molar-refractivity contribution in [2.45, 2.75) is 46.7 Å². The molecule has 0 saturated carbocycles. The van der Waals surface area contributed by atoms with Gasteiger partial charge in [-0.15, -0.1) is 0 Å². The van der Waals surface area contributed by atoms with Crippen LogP contribution in [0.1, 0.15) is 40.2 Å². The number of phenols is 1. The number of aromatic hydroxyl groups is 1. The van der Waals surface area contributed by atoms with Crippen LogP contribution < -0.4 is 4.74 Å². The number of phenolic OH excluding ortho intramolecular Hbond substituents is 1. The van der Waals surface area contributed by atoms with Crippen LogP contribution in [0.25, 0.3) is 6.08 Å². The van der Waals surface area contributed by atoms with Crippen molar-refractivity contribution in [2.75, 3.05) is 6.61 Å². The second-order valence-corrected chi connectivity index (χ2v) is 7.58. The van der Waals surface area contributed by atoms with Gasteiger partial charge in [0.25, 0.3) is 5.91 Å². The summed E-state index contributed by atoms with van der Waals surface area (Å²) in [7, 11) is 0. The lowest BCUT2D eigenvalue weighted by atomic mass is 10.1. The van der Waals surface area contributed by atoms with Gasteiger partial charge in [0.15, 0.2) is 16.7 Å². The lowest BCUT2D eigenvalue weighted by Gasteiger charge is -2.20. The van der Waals surface area contributed by atoms with E-state index in [0.29, 0.717) is 28.0 Å². The monoisotopic (exact) mass is 382 g/mol. The predicted octanol–water partition coefficient (Wildman–Crippen LogP) is 4.53. The number of carbonyl (C=O) groups excluding carboxylic acids is 1. The first-order valence-electron chi connectivity index (χ1n) is 8.20. The van der Waals surface area contributed by atoms with E-state index in [1.165, 1.54) is 11.8 Å². The zero-order chi connectivity index (χ0) is 18.7. The molecule has 2 rings (SSSR count). The van der Waals surface area contributed by atoms with E-state index in [1.54, 1.807) is 23.1 Å². The summed E-state index contributed by atoms with van der Waals surface area (Å²) in [5.74, 6) is 0.123. The molecular formula is C18H23ClN2O3S. The van der Waals surface area contributed by atoms with Gasteiger partial charge >= 0.3 is 0 Å². The lowest BCUT2D eigenvalue weighted by molar-refractivity contribution is -0.123. The number of amidine groups is 1. The summed E-state index contributed by atoms with van der Waals surface area (Å²) in [5, 5.41) is 10.8. The zero-order valence-electron chi connectivity index (χ0n) is 15.0. The molecular weight excluding hydrogens is 360 g/mol. The summed E-state index contributed by atoms with van der Waals surface area (Å²) in [5.41, 5.74) is 0.691. The fourth-order valence-electron chi connectivity index (χ4n) is 2.35. The van der Waals surface area contributed by atoms with E-state index in [4.69, 9.17) is 16.3 Å². The Kier molecular flexibility index (Phi) is 6.41. The van der Waals surface area contributed by atoms with Gasteiger partial charge in [0.1, 0.15) is 0 Å². The van der Waals surface area contributed by atoms with Crippen LogP contribution in [0.15, 0.2) is 22.0 Å². The molecule has 1 fully saturated rings. The molecule has 7 heteroatoms. The summed E-state index contributed by atoms with van der Waals surface area (Å²) in [6, 6.07) is 3.40. The second kappa shape index (κ2) is 8.15. The number of hydrogen-bond donors (Lipinski definition) is 1. The summed E-state index contributed by atoms with van der Waals surface area (Å²) in [6.45, 7) is 10.1. The third kappa shape index (κ3) is 4.50. The first-order valence-corrected chi connectivity index (χ1v) is 9.40. The van der Waals surface area contributed by atoms with Crippen molar-refractivity contribution in [3.8, 4) is 11.5 Å². The van der Waals surface area contributed by atoms with E-state index in [0.717, 1.165) is 0 Å². The molecule has 1 heterocycles. The molecule has 0 aromatic heterocycles. The highest BCUT2D eigenvalue weighted by atomic mass is 35.5. The van der Waals surface area contributed by atoms with Gasteiger partial charge in [-0.05, 0) is 70.2 Å². The molecule has 5 nitrogen and oxygen atoms in total. The van der Waals surface area contributed by atoms with Crippen LogP contribution in [0.4, 0.5) is 0 Å². The van der Waals surface area contributed by atoms with Crippen molar-refractivity contribution in [2.24, 2.45) is 4.99 Å². The molecule has 0 aliphatic carbocycles. The van der Waals surface area contributed by atoms with Gasteiger partial charge in [-0.1, -0.05) is 11.6 Å². The van der Waals surface area contributed by atoms with Gasteiger partial charge in [0.2, 0.25) is 0 Å². The highest BCUT2D eigenvalue weighted by molar-refractivity contribution is 8.18. The second-order valence-electron chi connectivity index (χ2n) is 6.17. The van der Waals surface area contributed by atoms with Crippen LogP contribution in [0.2, 0.25) is 5.02 Å². The van der Waals surface area contributed by atoms with Gasteiger partial charge in [-0.3, -0.25) is 14.7 Å². The third-order valence-corrected chi connectivity index (χ3v) is 4.66. The summed E-state index contributed by atoms with van der Waals surface area (Å²) in [6.07, 6.45) is 1.75. The van der Waals surface area contributed by atoms with E-state index in [9.17, 15) is 9.90 Å². The molecule has 1 amide bonds. The minimum atomic E-state index is -0.0954. The molecule has 1 aromatic rings. The summed E-state index contributed by atoms with van der Waals surface area (Å²) in [4.78, 5) is 19.6. The molecule has 25 heavy (non-hydrogen) atoms. The van der Waals surface area contributed by atoms with E-state index in [-0.39, 0.29) is 28.8 Å². The Bertz CT molecular complexity index is 729. The Hall–Kier alpha value is -1.66. The number of thioether (sulfide) groups is 1. The topological polar surface area (TPSA) is 62.1 Å². The minimum absolute atomic E-state index is 0.0193.